The lowest BCUT2D eigenvalue weighted by Crippen LogP contribution is -2.04. The van der Waals surface area contributed by atoms with E-state index < -0.39 is 0 Å². The molecule has 0 aliphatic heterocycles. The number of ether oxygens (including phenoxy) is 2. The molecule has 0 amide bonds. The Morgan fingerprint density at radius 1 is 1.03 bits per heavy atom. The van der Waals surface area contributed by atoms with Gasteiger partial charge in [-0.1, -0.05) is 35.9 Å². The van der Waals surface area contributed by atoms with Gasteiger partial charge in [0.1, 0.15) is 18.1 Å². The quantitative estimate of drug-likeness (QED) is 0.393. The molecule has 4 aromatic rings. The lowest BCUT2D eigenvalue weighted by molar-refractivity contribution is -0.139. The van der Waals surface area contributed by atoms with Crippen LogP contribution in [0.1, 0.15) is 11.1 Å². The van der Waals surface area contributed by atoms with Gasteiger partial charge >= 0.3 is 5.97 Å². The Morgan fingerprint density at radius 3 is 2.55 bits per heavy atom. The van der Waals surface area contributed by atoms with Gasteiger partial charge in [0.2, 0.25) is 0 Å². The predicted molar refractivity (Wildman–Crippen MR) is 114 cm³/mol. The van der Waals surface area contributed by atoms with E-state index in [0.717, 1.165) is 32.8 Å². The van der Waals surface area contributed by atoms with Crippen LogP contribution < -0.4 is 4.74 Å². The molecule has 0 spiro atoms. The number of esters is 1. The summed E-state index contributed by atoms with van der Waals surface area (Å²) in [7, 11) is 1.38. The molecule has 0 bridgehead atoms. The molecule has 5 nitrogen and oxygen atoms in total. The van der Waals surface area contributed by atoms with E-state index in [9.17, 15) is 4.79 Å². The maximum Gasteiger partial charge on any atom is 0.309 e. The number of carbonyl (C=O) groups is 1. The molecule has 0 atom stereocenters. The van der Waals surface area contributed by atoms with Gasteiger partial charge in [-0.15, -0.1) is 11.3 Å². The summed E-state index contributed by atoms with van der Waals surface area (Å²) in [5.41, 5.74) is 4.05. The summed E-state index contributed by atoms with van der Waals surface area (Å²) in [6.45, 7) is 0.387. The van der Waals surface area contributed by atoms with Crippen molar-refractivity contribution in [1.82, 2.24) is 9.97 Å². The average Bonchev–Trinajstić information content (AvgIpc) is 3.27. The van der Waals surface area contributed by atoms with Crippen LogP contribution in [0.5, 0.6) is 5.75 Å². The van der Waals surface area contributed by atoms with Crippen molar-refractivity contribution < 1.29 is 14.3 Å². The van der Waals surface area contributed by atoms with E-state index in [2.05, 4.69) is 14.7 Å². The number of fused-ring (bicyclic) bond motifs is 1. The van der Waals surface area contributed by atoms with Crippen LogP contribution in [0.2, 0.25) is 5.15 Å². The van der Waals surface area contributed by atoms with E-state index in [4.69, 9.17) is 16.3 Å². The van der Waals surface area contributed by atoms with Crippen LogP contribution >= 0.6 is 22.9 Å². The molecule has 0 fully saturated rings. The number of nitrogens with zero attached hydrogens (tertiary/aromatic N) is 2. The van der Waals surface area contributed by atoms with Crippen LogP contribution in [0.15, 0.2) is 60.0 Å². The van der Waals surface area contributed by atoms with Crippen molar-refractivity contribution >= 4 is 39.9 Å². The maximum atomic E-state index is 11.3. The Balaban J connectivity index is 1.47. The molecular weight excluding hydrogens is 408 g/mol. The van der Waals surface area contributed by atoms with Crippen molar-refractivity contribution in [2.75, 3.05) is 7.11 Å². The fourth-order valence-corrected chi connectivity index (χ4v) is 3.85. The molecule has 0 unspecified atom stereocenters. The number of hydrogen-bond acceptors (Lipinski definition) is 6. The minimum atomic E-state index is -0.267. The first kappa shape index (κ1) is 19.4. The Labute approximate surface area is 176 Å². The zero-order chi connectivity index (χ0) is 20.2. The Kier molecular flexibility index (Phi) is 5.74. The molecule has 2 aromatic carbocycles. The van der Waals surface area contributed by atoms with Gasteiger partial charge in [0.15, 0.2) is 5.15 Å². The number of thiophene rings is 1. The van der Waals surface area contributed by atoms with Gasteiger partial charge in [0.05, 0.1) is 29.4 Å². The number of benzene rings is 2. The summed E-state index contributed by atoms with van der Waals surface area (Å²) >= 11 is 7.93. The molecule has 4 rings (SSSR count). The van der Waals surface area contributed by atoms with E-state index in [1.807, 2.05) is 60.0 Å². The third kappa shape index (κ3) is 4.55. The number of methoxy groups -OCH3 is 1. The Hall–Kier alpha value is -2.96. The van der Waals surface area contributed by atoms with Gasteiger partial charge in [-0.3, -0.25) is 4.79 Å². The lowest BCUT2D eigenvalue weighted by atomic mass is 10.1. The SMILES string of the molecule is COC(=O)Cc1ccc(OCc2ccc3nc(-c4cccs4)c(Cl)nc3c2)cc1. The number of hydrogen-bond donors (Lipinski definition) is 0. The van der Waals surface area contributed by atoms with Crippen LogP contribution in [0.3, 0.4) is 0 Å². The zero-order valence-electron chi connectivity index (χ0n) is 15.6. The summed E-state index contributed by atoms with van der Waals surface area (Å²) in [5.74, 6) is 0.452. The van der Waals surface area contributed by atoms with E-state index in [0.29, 0.717) is 17.5 Å². The van der Waals surface area contributed by atoms with Gasteiger partial charge in [-0.25, -0.2) is 9.97 Å². The first-order valence-corrected chi connectivity index (χ1v) is 10.2. The minimum absolute atomic E-state index is 0.244. The van der Waals surface area contributed by atoms with Crippen molar-refractivity contribution in [3.05, 3.63) is 76.3 Å². The highest BCUT2D eigenvalue weighted by Crippen LogP contribution is 2.30. The van der Waals surface area contributed by atoms with Crippen molar-refractivity contribution in [2.45, 2.75) is 13.0 Å². The summed E-state index contributed by atoms with van der Waals surface area (Å²) in [6.07, 6.45) is 0.244. The van der Waals surface area contributed by atoms with Gasteiger partial charge in [0.25, 0.3) is 0 Å². The first-order valence-electron chi connectivity index (χ1n) is 8.91. The highest BCUT2D eigenvalue weighted by Gasteiger charge is 2.11. The minimum Gasteiger partial charge on any atom is -0.489 e. The molecule has 0 N–H and O–H groups in total. The molecule has 2 heterocycles. The maximum absolute atomic E-state index is 11.3. The summed E-state index contributed by atoms with van der Waals surface area (Å²) in [5, 5.41) is 2.37. The van der Waals surface area contributed by atoms with E-state index in [1.165, 1.54) is 7.11 Å². The summed E-state index contributed by atoms with van der Waals surface area (Å²) in [4.78, 5) is 21.5. The molecule has 0 radical (unpaired) electrons. The van der Waals surface area contributed by atoms with Gasteiger partial charge in [0, 0.05) is 0 Å². The molecular formula is C22H17ClN2O3S. The lowest BCUT2D eigenvalue weighted by Gasteiger charge is -2.09. The topological polar surface area (TPSA) is 61.3 Å². The van der Waals surface area contributed by atoms with Crippen LogP contribution in [0.25, 0.3) is 21.6 Å². The number of rotatable bonds is 6. The average molecular weight is 425 g/mol. The second-order valence-electron chi connectivity index (χ2n) is 6.35. The highest BCUT2D eigenvalue weighted by molar-refractivity contribution is 7.13. The first-order chi connectivity index (χ1) is 14.1. The van der Waals surface area contributed by atoms with Crippen molar-refractivity contribution in [2.24, 2.45) is 0 Å². The van der Waals surface area contributed by atoms with E-state index in [-0.39, 0.29) is 12.4 Å². The smallest absolute Gasteiger partial charge is 0.309 e. The van der Waals surface area contributed by atoms with Gasteiger partial charge < -0.3 is 9.47 Å². The molecule has 2 aromatic heterocycles. The number of halogens is 1. The fraction of sp³-hybridized carbons (Fsp3) is 0.136. The van der Waals surface area contributed by atoms with Crippen molar-refractivity contribution in [3.8, 4) is 16.3 Å². The molecule has 0 saturated heterocycles. The summed E-state index contributed by atoms with van der Waals surface area (Å²) < 4.78 is 10.5. The van der Waals surface area contributed by atoms with E-state index >= 15 is 0 Å². The van der Waals surface area contributed by atoms with Gasteiger partial charge in [-0.2, -0.15) is 0 Å². The molecule has 29 heavy (non-hydrogen) atoms. The van der Waals surface area contributed by atoms with Gasteiger partial charge in [-0.05, 0) is 46.8 Å². The Bertz CT molecular complexity index is 1140. The number of carbonyl (C=O) groups excluding carboxylic acids is 1. The molecule has 0 aliphatic rings. The fourth-order valence-electron chi connectivity index (χ4n) is 2.85. The van der Waals surface area contributed by atoms with E-state index in [1.54, 1.807) is 11.3 Å². The van der Waals surface area contributed by atoms with Crippen LogP contribution in [-0.2, 0) is 22.6 Å². The molecule has 146 valence electrons. The number of aromatic nitrogens is 2. The third-order valence-corrected chi connectivity index (χ3v) is 5.49. The second-order valence-corrected chi connectivity index (χ2v) is 7.65. The zero-order valence-corrected chi connectivity index (χ0v) is 17.2. The normalized spacial score (nSPS) is 10.8. The largest absolute Gasteiger partial charge is 0.489 e. The van der Waals surface area contributed by atoms with Crippen LogP contribution in [-0.4, -0.2) is 23.0 Å². The molecule has 7 heteroatoms. The second kappa shape index (κ2) is 8.59. The predicted octanol–water partition coefficient (Wildman–Crippen LogP) is 5.31. The van der Waals surface area contributed by atoms with Crippen molar-refractivity contribution in [3.63, 3.8) is 0 Å². The Morgan fingerprint density at radius 2 is 1.83 bits per heavy atom. The van der Waals surface area contributed by atoms with Crippen molar-refractivity contribution in [1.29, 1.82) is 0 Å². The molecule has 0 saturated carbocycles. The monoisotopic (exact) mass is 424 g/mol. The molecule has 0 aliphatic carbocycles. The van der Waals surface area contributed by atoms with Crippen LogP contribution in [0, 0.1) is 0 Å². The van der Waals surface area contributed by atoms with Crippen LogP contribution in [0.4, 0.5) is 0 Å². The highest BCUT2D eigenvalue weighted by atomic mass is 35.5. The summed E-state index contributed by atoms with van der Waals surface area (Å²) in [6, 6.07) is 17.1. The standard InChI is InChI=1S/C22H17ClN2O3S/c1-27-20(26)12-14-4-7-16(8-5-14)28-13-15-6-9-17-18(11-15)25-22(23)21(24-17)19-3-2-10-29-19/h2-11H,12-13H2,1H3. The third-order valence-electron chi connectivity index (χ3n) is 4.35.